The number of aromatic amines is 1. The van der Waals surface area contributed by atoms with Gasteiger partial charge in [-0.15, -0.1) is 0 Å². The molecule has 1 heterocycles. The van der Waals surface area contributed by atoms with Gasteiger partial charge in [0.15, 0.2) is 0 Å². The number of hydrogen-bond donors (Lipinski definition) is 1. The Hall–Kier alpha value is -1.39. The highest BCUT2D eigenvalue weighted by atomic mass is 16.5. The topological polar surface area (TPSA) is 67.9 Å². The largest absolute Gasteiger partial charge is 0.480 e. The average Bonchev–Trinajstić information content (AvgIpc) is 1.94. The number of hydrogen-bond acceptors (Lipinski definition) is 4. The number of ether oxygens (including phenoxy) is 1. The monoisotopic (exact) mass is 141 g/mol. The summed E-state index contributed by atoms with van der Waals surface area (Å²) in [7, 11) is 1.44. The lowest BCUT2D eigenvalue weighted by Gasteiger charge is -1.97. The molecule has 1 N–H and O–H groups in total. The highest BCUT2D eigenvalue weighted by Gasteiger charge is 1.99. The second kappa shape index (κ2) is 2.47. The van der Waals surface area contributed by atoms with Crippen LogP contribution in [0.15, 0.2) is 4.79 Å². The summed E-state index contributed by atoms with van der Waals surface area (Å²) in [6.45, 7) is 1.70. The van der Waals surface area contributed by atoms with Gasteiger partial charge in [-0.2, -0.15) is 10.1 Å². The number of aryl methyl sites for hydroxylation is 1. The lowest BCUT2D eigenvalue weighted by atomic mass is 10.5. The van der Waals surface area contributed by atoms with Gasteiger partial charge in [0.05, 0.1) is 7.11 Å². The maximum Gasteiger partial charge on any atom is 0.364 e. The molecule has 1 aromatic heterocycles. The van der Waals surface area contributed by atoms with Crippen molar-refractivity contribution >= 4 is 0 Å². The Kier molecular flexibility index (Phi) is 1.66. The van der Waals surface area contributed by atoms with E-state index in [1.54, 1.807) is 6.92 Å². The number of rotatable bonds is 1. The minimum atomic E-state index is -0.498. The molecule has 1 aromatic rings. The van der Waals surface area contributed by atoms with Gasteiger partial charge >= 0.3 is 5.69 Å². The zero-order valence-corrected chi connectivity index (χ0v) is 5.71. The van der Waals surface area contributed by atoms with Crippen molar-refractivity contribution in [3.8, 4) is 5.88 Å². The van der Waals surface area contributed by atoms with Gasteiger partial charge in [0, 0.05) is 0 Å². The van der Waals surface area contributed by atoms with Gasteiger partial charge in [0.25, 0.3) is 0 Å². The van der Waals surface area contributed by atoms with Crippen LogP contribution in [-0.2, 0) is 0 Å². The van der Waals surface area contributed by atoms with Crippen LogP contribution in [0.1, 0.15) is 5.69 Å². The first-order valence-corrected chi connectivity index (χ1v) is 2.71. The highest BCUT2D eigenvalue weighted by Crippen LogP contribution is 2.03. The Morgan fingerprint density at radius 2 is 2.30 bits per heavy atom. The van der Waals surface area contributed by atoms with Crippen LogP contribution in [0.5, 0.6) is 5.88 Å². The van der Waals surface area contributed by atoms with Crippen LogP contribution in [0.2, 0.25) is 0 Å². The molecule has 0 radical (unpaired) electrons. The van der Waals surface area contributed by atoms with E-state index in [9.17, 15) is 4.79 Å². The summed E-state index contributed by atoms with van der Waals surface area (Å²) in [5.74, 6) is 0.267. The number of methoxy groups -OCH3 is 1. The fraction of sp³-hybridized carbons (Fsp3) is 0.400. The van der Waals surface area contributed by atoms with Gasteiger partial charge in [0.2, 0.25) is 5.88 Å². The first kappa shape index (κ1) is 6.73. The van der Waals surface area contributed by atoms with Gasteiger partial charge in [0.1, 0.15) is 5.69 Å². The smallest absolute Gasteiger partial charge is 0.364 e. The summed E-state index contributed by atoms with van der Waals surface area (Å²) in [6, 6.07) is 0. The molecule has 0 amide bonds. The highest BCUT2D eigenvalue weighted by molar-refractivity contribution is 5.12. The van der Waals surface area contributed by atoms with Crippen LogP contribution in [-0.4, -0.2) is 22.3 Å². The zero-order valence-electron chi connectivity index (χ0n) is 5.71. The molecular weight excluding hydrogens is 134 g/mol. The van der Waals surface area contributed by atoms with Gasteiger partial charge in [-0.1, -0.05) is 0 Å². The predicted molar refractivity (Wildman–Crippen MR) is 33.9 cm³/mol. The lowest BCUT2D eigenvalue weighted by Crippen LogP contribution is -2.14. The third kappa shape index (κ3) is 1.12. The summed E-state index contributed by atoms with van der Waals surface area (Å²) in [6.07, 6.45) is 0. The molecule has 54 valence electrons. The molecule has 0 aliphatic carbocycles. The van der Waals surface area contributed by atoms with E-state index in [1.165, 1.54) is 7.11 Å². The van der Waals surface area contributed by atoms with Gasteiger partial charge < -0.3 is 4.74 Å². The predicted octanol–water partition coefficient (Wildman–Crippen LogP) is -0.518. The van der Waals surface area contributed by atoms with E-state index in [0.29, 0.717) is 5.69 Å². The van der Waals surface area contributed by atoms with E-state index >= 15 is 0 Å². The summed E-state index contributed by atoms with van der Waals surface area (Å²) in [4.78, 5) is 14.0. The van der Waals surface area contributed by atoms with E-state index in [-0.39, 0.29) is 5.88 Å². The molecular formula is C5H7N3O2. The molecule has 0 aromatic carbocycles. The van der Waals surface area contributed by atoms with Crippen molar-refractivity contribution in [2.24, 2.45) is 0 Å². The molecule has 10 heavy (non-hydrogen) atoms. The van der Waals surface area contributed by atoms with Crippen molar-refractivity contribution in [2.75, 3.05) is 7.11 Å². The molecule has 0 aliphatic rings. The maximum absolute atomic E-state index is 10.5. The third-order valence-corrected chi connectivity index (χ3v) is 1.03. The maximum atomic E-state index is 10.5. The van der Waals surface area contributed by atoms with E-state index < -0.39 is 5.69 Å². The SMILES string of the molecule is COc1nc(=O)[nH]nc1C. The molecule has 0 aliphatic heterocycles. The lowest BCUT2D eigenvalue weighted by molar-refractivity contribution is 0.387. The summed E-state index contributed by atoms with van der Waals surface area (Å²) in [5, 5.41) is 5.80. The van der Waals surface area contributed by atoms with E-state index in [4.69, 9.17) is 4.74 Å². The summed E-state index contributed by atoms with van der Waals surface area (Å²) in [5.41, 5.74) is 0.0737. The van der Waals surface area contributed by atoms with E-state index in [2.05, 4.69) is 15.2 Å². The van der Waals surface area contributed by atoms with E-state index in [0.717, 1.165) is 0 Å². The molecule has 0 saturated carbocycles. The number of aromatic nitrogens is 3. The first-order chi connectivity index (χ1) is 4.74. The summed E-state index contributed by atoms with van der Waals surface area (Å²) < 4.78 is 4.73. The van der Waals surface area contributed by atoms with Crippen molar-refractivity contribution in [1.82, 2.24) is 15.2 Å². The van der Waals surface area contributed by atoms with Crippen LogP contribution < -0.4 is 10.4 Å². The molecule has 0 saturated heterocycles. The zero-order chi connectivity index (χ0) is 7.56. The molecule has 0 spiro atoms. The normalized spacial score (nSPS) is 9.40. The van der Waals surface area contributed by atoms with E-state index in [1.807, 2.05) is 0 Å². The second-order valence-corrected chi connectivity index (χ2v) is 1.74. The Balaban J connectivity index is 3.22. The Bertz CT molecular complexity index is 280. The summed E-state index contributed by atoms with van der Waals surface area (Å²) >= 11 is 0. The fourth-order valence-electron chi connectivity index (χ4n) is 0.571. The number of nitrogens with zero attached hydrogens (tertiary/aromatic N) is 2. The van der Waals surface area contributed by atoms with Crippen LogP contribution in [0.3, 0.4) is 0 Å². The van der Waals surface area contributed by atoms with Crippen LogP contribution >= 0.6 is 0 Å². The molecule has 0 atom stereocenters. The fourth-order valence-corrected chi connectivity index (χ4v) is 0.571. The van der Waals surface area contributed by atoms with Crippen molar-refractivity contribution < 1.29 is 4.74 Å². The Morgan fingerprint density at radius 1 is 1.60 bits per heavy atom. The standard InChI is InChI=1S/C5H7N3O2/c1-3-4(10-2)6-5(9)8-7-3/h1-2H3,(H,6,8,9). The van der Waals surface area contributed by atoms with Crippen molar-refractivity contribution in [1.29, 1.82) is 0 Å². The third-order valence-electron chi connectivity index (χ3n) is 1.03. The molecule has 0 bridgehead atoms. The molecule has 0 unspecified atom stereocenters. The minimum absolute atomic E-state index is 0.267. The molecule has 5 heteroatoms. The number of nitrogens with one attached hydrogen (secondary N) is 1. The Morgan fingerprint density at radius 3 is 2.80 bits per heavy atom. The molecule has 5 nitrogen and oxygen atoms in total. The molecule has 1 rings (SSSR count). The van der Waals surface area contributed by atoms with Gasteiger partial charge in [-0.3, -0.25) is 0 Å². The quantitative estimate of drug-likeness (QED) is 0.571. The van der Waals surface area contributed by atoms with Crippen molar-refractivity contribution in [3.63, 3.8) is 0 Å². The van der Waals surface area contributed by atoms with Gasteiger partial charge in [-0.05, 0) is 6.92 Å². The van der Waals surface area contributed by atoms with Crippen LogP contribution in [0.25, 0.3) is 0 Å². The van der Waals surface area contributed by atoms with Crippen LogP contribution in [0, 0.1) is 6.92 Å². The Labute approximate surface area is 57.1 Å². The minimum Gasteiger partial charge on any atom is -0.480 e. The first-order valence-electron chi connectivity index (χ1n) is 2.71. The van der Waals surface area contributed by atoms with Gasteiger partial charge in [-0.25, -0.2) is 9.89 Å². The molecule has 0 fully saturated rings. The number of H-pyrrole nitrogens is 1. The van der Waals surface area contributed by atoms with Crippen molar-refractivity contribution in [2.45, 2.75) is 6.92 Å². The van der Waals surface area contributed by atoms with Crippen molar-refractivity contribution in [3.05, 3.63) is 16.2 Å². The van der Waals surface area contributed by atoms with Crippen LogP contribution in [0.4, 0.5) is 0 Å². The second-order valence-electron chi connectivity index (χ2n) is 1.74. The average molecular weight is 141 g/mol.